The second-order valence-electron chi connectivity index (χ2n) is 6.91. The number of hydrogen-bond acceptors (Lipinski definition) is 4. The largest absolute Gasteiger partial charge is 0.493 e. The first-order valence-electron chi connectivity index (χ1n) is 10.6. The Balaban J connectivity index is 0.00000784. The summed E-state index contributed by atoms with van der Waals surface area (Å²) in [7, 11) is 3.31. The molecule has 1 aromatic rings. The Kier molecular flexibility index (Phi) is 15.9. The number of nitrogens with one attached hydrogen (secondary N) is 2. The van der Waals surface area contributed by atoms with Gasteiger partial charge in [0, 0.05) is 19.1 Å². The van der Waals surface area contributed by atoms with Gasteiger partial charge < -0.3 is 25.0 Å². The van der Waals surface area contributed by atoms with Gasteiger partial charge in [0.1, 0.15) is 0 Å². The molecule has 0 radical (unpaired) electrons. The van der Waals surface area contributed by atoms with E-state index in [0.717, 1.165) is 63.0 Å². The van der Waals surface area contributed by atoms with Crippen molar-refractivity contribution in [1.29, 1.82) is 0 Å². The van der Waals surface area contributed by atoms with Crippen LogP contribution < -0.4 is 20.1 Å². The van der Waals surface area contributed by atoms with Gasteiger partial charge in [0.05, 0.1) is 14.2 Å². The number of halogens is 1. The average Bonchev–Trinajstić information content (AvgIpc) is 2.71. The van der Waals surface area contributed by atoms with Crippen LogP contribution >= 0.6 is 24.0 Å². The van der Waals surface area contributed by atoms with Crippen LogP contribution in [0.2, 0.25) is 0 Å². The number of ether oxygens (including phenoxy) is 2. The van der Waals surface area contributed by atoms with Gasteiger partial charge in [0.2, 0.25) is 0 Å². The van der Waals surface area contributed by atoms with Crippen LogP contribution in [0.1, 0.15) is 46.1 Å². The molecular formula is C22H41IN4O2. The lowest BCUT2D eigenvalue weighted by atomic mass is 10.1. The second kappa shape index (κ2) is 16.6. The topological polar surface area (TPSA) is 58.1 Å². The lowest BCUT2D eigenvalue weighted by Gasteiger charge is -2.21. The van der Waals surface area contributed by atoms with Crippen LogP contribution in [-0.4, -0.2) is 63.8 Å². The summed E-state index contributed by atoms with van der Waals surface area (Å²) in [5.74, 6) is 2.40. The highest BCUT2D eigenvalue weighted by molar-refractivity contribution is 14.0. The first-order valence-corrected chi connectivity index (χ1v) is 10.6. The van der Waals surface area contributed by atoms with Gasteiger partial charge in [0.25, 0.3) is 0 Å². The van der Waals surface area contributed by atoms with Gasteiger partial charge in [0.15, 0.2) is 17.5 Å². The number of rotatable bonds is 13. The Hall–Kier alpha value is -1.22. The van der Waals surface area contributed by atoms with Crippen LogP contribution in [0.5, 0.6) is 11.5 Å². The van der Waals surface area contributed by atoms with Crippen molar-refractivity contribution in [3.05, 3.63) is 23.8 Å². The maximum absolute atomic E-state index is 5.38. The maximum Gasteiger partial charge on any atom is 0.191 e. The van der Waals surface area contributed by atoms with Crippen LogP contribution in [0.3, 0.4) is 0 Å². The summed E-state index contributed by atoms with van der Waals surface area (Å²) in [6.45, 7) is 13.7. The minimum absolute atomic E-state index is 0. The summed E-state index contributed by atoms with van der Waals surface area (Å²) >= 11 is 0. The molecule has 1 atom stereocenters. The molecule has 0 saturated heterocycles. The van der Waals surface area contributed by atoms with Gasteiger partial charge in [-0.3, -0.25) is 4.99 Å². The van der Waals surface area contributed by atoms with E-state index < -0.39 is 0 Å². The molecule has 0 aliphatic carbocycles. The van der Waals surface area contributed by atoms with Crippen LogP contribution in [0.4, 0.5) is 0 Å². The SMILES string of the molecule is CCNC(=NCCc1ccc(OC)c(OC)c1)NC(C)CCCN(CC)CC.I. The monoisotopic (exact) mass is 520 g/mol. The van der Waals surface area contributed by atoms with E-state index in [2.05, 4.69) is 49.3 Å². The van der Waals surface area contributed by atoms with E-state index in [9.17, 15) is 0 Å². The van der Waals surface area contributed by atoms with Crippen molar-refractivity contribution >= 4 is 29.9 Å². The molecule has 0 fully saturated rings. The minimum atomic E-state index is 0. The van der Waals surface area contributed by atoms with Crippen molar-refractivity contribution in [3.63, 3.8) is 0 Å². The number of hydrogen-bond donors (Lipinski definition) is 2. The lowest BCUT2D eigenvalue weighted by Crippen LogP contribution is -2.42. The number of guanidine groups is 1. The lowest BCUT2D eigenvalue weighted by molar-refractivity contribution is 0.292. The fraction of sp³-hybridized carbons (Fsp3) is 0.682. The number of nitrogens with zero attached hydrogens (tertiary/aromatic N) is 2. The summed E-state index contributed by atoms with van der Waals surface area (Å²) in [5.41, 5.74) is 1.18. The molecule has 0 saturated carbocycles. The van der Waals surface area contributed by atoms with E-state index in [1.165, 1.54) is 12.0 Å². The fourth-order valence-electron chi connectivity index (χ4n) is 3.12. The zero-order valence-corrected chi connectivity index (χ0v) is 21.4. The third kappa shape index (κ3) is 10.9. The van der Waals surface area contributed by atoms with Crippen LogP contribution in [0, 0.1) is 0 Å². The summed E-state index contributed by atoms with van der Waals surface area (Å²) < 4.78 is 10.7. The fourth-order valence-corrected chi connectivity index (χ4v) is 3.12. The standard InChI is InChI=1S/C22H40N4O2.HI/c1-7-23-22(25-18(4)11-10-16-26(8-2)9-3)24-15-14-19-12-13-20(27-5)21(17-19)28-6;/h12-13,17-18H,7-11,14-16H2,1-6H3,(H2,23,24,25);1H. The Morgan fingerprint density at radius 3 is 2.38 bits per heavy atom. The van der Waals surface area contributed by atoms with Crippen molar-refractivity contribution in [3.8, 4) is 11.5 Å². The summed E-state index contributed by atoms with van der Waals surface area (Å²) in [6, 6.07) is 6.42. The van der Waals surface area contributed by atoms with Gasteiger partial charge in [-0.2, -0.15) is 0 Å². The Morgan fingerprint density at radius 2 is 1.79 bits per heavy atom. The molecule has 2 N–H and O–H groups in total. The number of methoxy groups -OCH3 is 2. The van der Waals surface area contributed by atoms with Gasteiger partial charge >= 0.3 is 0 Å². The molecule has 0 aliphatic heterocycles. The van der Waals surface area contributed by atoms with Gasteiger partial charge in [-0.25, -0.2) is 0 Å². The third-order valence-electron chi connectivity index (χ3n) is 4.85. The summed E-state index contributed by atoms with van der Waals surface area (Å²) in [4.78, 5) is 7.20. The number of benzene rings is 1. The molecular weight excluding hydrogens is 479 g/mol. The van der Waals surface area contributed by atoms with E-state index in [0.29, 0.717) is 6.04 Å². The first-order chi connectivity index (χ1) is 13.6. The van der Waals surface area contributed by atoms with Crippen molar-refractivity contribution < 1.29 is 9.47 Å². The van der Waals surface area contributed by atoms with Crippen molar-refractivity contribution in [1.82, 2.24) is 15.5 Å². The van der Waals surface area contributed by atoms with E-state index in [1.807, 2.05) is 12.1 Å². The van der Waals surface area contributed by atoms with Crippen molar-refractivity contribution in [2.45, 2.75) is 53.0 Å². The predicted molar refractivity (Wildman–Crippen MR) is 134 cm³/mol. The van der Waals surface area contributed by atoms with E-state index in [1.54, 1.807) is 14.2 Å². The van der Waals surface area contributed by atoms with Crippen LogP contribution in [0.15, 0.2) is 23.2 Å². The Bertz CT molecular complexity index is 580. The molecule has 0 heterocycles. The highest BCUT2D eigenvalue weighted by Gasteiger charge is 2.07. The smallest absolute Gasteiger partial charge is 0.191 e. The normalized spacial score (nSPS) is 12.3. The average molecular weight is 521 g/mol. The molecule has 0 aliphatic rings. The molecule has 1 unspecified atom stereocenters. The molecule has 0 amide bonds. The summed E-state index contributed by atoms with van der Waals surface area (Å²) in [5, 5.41) is 6.88. The molecule has 0 aromatic heterocycles. The van der Waals surface area contributed by atoms with Crippen LogP contribution in [-0.2, 0) is 6.42 Å². The highest BCUT2D eigenvalue weighted by atomic mass is 127. The van der Waals surface area contributed by atoms with Crippen molar-refractivity contribution in [2.24, 2.45) is 4.99 Å². The zero-order valence-electron chi connectivity index (χ0n) is 19.1. The highest BCUT2D eigenvalue weighted by Crippen LogP contribution is 2.27. The van der Waals surface area contributed by atoms with E-state index in [-0.39, 0.29) is 24.0 Å². The second-order valence-corrected chi connectivity index (χ2v) is 6.91. The molecule has 1 aromatic carbocycles. The van der Waals surface area contributed by atoms with Crippen LogP contribution in [0.25, 0.3) is 0 Å². The molecule has 0 bridgehead atoms. The molecule has 168 valence electrons. The third-order valence-corrected chi connectivity index (χ3v) is 4.85. The Morgan fingerprint density at radius 1 is 1.10 bits per heavy atom. The zero-order chi connectivity index (χ0) is 20.8. The van der Waals surface area contributed by atoms with Crippen molar-refractivity contribution in [2.75, 3.05) is 46.9 Å². The molecule has 1 rings (SSSR count). The maximum atomic E-state index is 5.38. The van der Waals surface area contributed by atoms with Gasteiger partial charge in [-0.15, -0.1) is 24.0 Å². The number of aliphatic imine (C=N–C) groups is 1. The first kappa shape index (κ1) is 27.8. The molecule has 29 heavy (non-hydrogen) atoms. The molecule has 7 heteroatoms. The molecule has 6 nitrogen and oxygen atoms in total. The van der Waals surface area contributed by atoms with Gasteiger partial charge in [-0.05, 0) is 70.4 Å². The summed E-state index contributed by atoms with van der Waals surface area (Å²) in [6.07, 6.45) is 3.19. The van der Waals surface area contributed by atoms with E-state index in [4.69, 9.17) is 14.5 Å². The van der Waals surface area contributed by atoms with Gasteiger partial charge in [-0.1, -0.05) is 19.9 Å². The predicted octanol–water partition coefficient (Wildman–Crippen LogP) is 3.93. The Labute approximate surface area is 194 Å². The van der Waals surface area contributed by atoms with E-state index >= 15 is 0 Å². The minimum Gasteiger partial charge on any atom is -0.493 e. The molecule has 0 spiro atoms. The quantitative estimate of drug-likeness (QED) is 0.235.